The fourth-order valence-electron chi connectivity index (χ4n) is 1.38. The fourth-order valence-corrected chi connectivity index (χ4v) is 1.38. The highest BCUT2D eigenvalue weighted by atomic mass is 16.4. The van der Waals surface area contributed by atoms with Crippen LogP contribution >= 0.6 is 0 Å². The number of nitrogens with zero attached hydrogens (tertiary/aromatic N) is 1. The van der Waals surface area contributed by atoms with Gasteiger partial charge in [0.25, 0.3) is 0 Å². The van der Waals surface area contributed by atoms with Crippen LogP contribution in [-0.4, -0.2) is 21.9 Å². The van der Waals surface area contributed by atoms with E-state index in [2.05, 4.69) is 0 Å². The molecule has 1 unspecified atom stereocenters. The number of carboxylic acids is 1. The van der Waals surface area contributed by atoms with Gasteiger partial charge in [-0.3, -0.25) is 9.59 Å². The second kappa shape index (κ2) is 4.60. The zero-order chi connectivity index (χ0) is 10.6. The third-order valence-corrected chi connectivity index (χ3v) is 2.18. The number of aromatic nitrogens is 1. The molecule has 1 heterocycles. The van der Waals surface area contributed by atoms with Crippen LogP contribution in [0.5, 0.6) is 0 Å². The highest BCUT2D eigenvalue weighted by Gasteiger charge is 2.09. The molecule has 0 aliphatic heterocycles. The Balaban J connectivity index is 2.64. The highest BCUT2D eigenvalue weighted by Crippen LogP contribution is 2.15. The minimum absolute atomic E-state index is 0.0429. The van der Waals surface area contributed by atoms with Gasteiger partial charge in [0.2, 0.25) is 0 Å². The van der Waals surface area contributed by atoms with Gasteiger partial charge in [-0.2, -0.15) is 0 Å². The monoisotopic (exact) mass is 195 g/mol. The predicted octanol–water partition coefficient (Wildman–Crippen LogP) is 1.73. The molecule has 0 fully saturated rings. The van der Waals surface area contributed by atoms with Crippen molar-refractivity contribution in [1.82, 2.24) is 4.57 Å². The van der Waals surface area contributed by atoms with Crippen molar-refractivity contribution in [2.24, 2.45) is 0 Å². The maximum atomic E-state index is 10.6. The van der Waals surface area contributed by atoms with Gasteiger partial charge >= 0.3 is 5.97 Å². The Kier molecular flexibility index (Phi) is 3.45. The maximum absolute atomic E-state index is 10.6. The lowest BCUT2D eigenvalue weighted by Crippen LogP contribution is -2.09. The van der Waals surface area contributed by atoms with Crippen molar-refractivity contribution in [2.45, 2.75) is 25.8 Å². The normalized spacial score (nSPS) is 12.4. The lowest BCUT2D eigenvalue weighted by atomic mass is 10.2. The molecule has 1 rings (SSSR count). The van der Waals surface area contributed by atoms with Gasteiger partial charge in [-0.05, 0) is 25.5 Å². The van der Waals surface area contributed by atoms with E-state index in [9.17, 15) is 9.59 Å². The smallest absolute Gasteiger partial charge is 0.303 e. The molecule has 0 aliphatic rings. The second-order valence-corrected chi connectivity index (χ2v) is 3.24. The van der Waals surface area contributed by atoms with Gasteiger partial charge in [-0.15, -0.1) is 0 Å². The lowest BCUT2D eigenvalue weighted by molar-refractivity contribution is -0.137. The van der Waals surface area contributed by atoms with E-state index in [0.29, 0.717) is 12.1 Å². The Morgan fingerprint density at radius 1 is 1.71 bits per heavy atom. The lowest BCUT2D eigenvalue weighted by Gasteiger charge is -2.13. The molecular weight excluding hydrogens is 182 g/mol. The van der Waals surface area contributed by atoms with Gasteiger partial charge in [-0.1, -0.05) is 0 Å². The quantitative estimate of drug-likeness (QED) is 0.728. The van der Waals surface area contributed by atoms with Gasteiger partial charge in [0.1, 0.15) is 0 Å². The van der Waals surface area contributed by atoms with E-state index in [-0.39, 0.29) is 12.5 Å². The molecule has 1 aromatic heterocycles. The van der Waals surface area contributed by atoms with Crippen molar-refractivity contribution in [3.05, 3.63) is 24.0 Å². The summed E-state index contributed by atoms with van der Waals surface area (Å²) < 4.78 is 1.79. The molecule has 0 aromatic carbocycles. The largest absolute Gasteiger partial charge is 0.481 e. The van der Waals surface area contributed by atoms with Crippen LogP contribution in [-0.2, 0) is 4.79 Å². The molecule has 0 amide bonds. The summed E-state index contributed by atoms with van der Waals surface area (Å²) in [7, 11) is 0. The number of rotatable bonds is 5. The minimum atomic E-state index is -0.809. The van der Waals surface area contributed by atoms with Crippen LogP contribution in [0.3, 0.4) is 0 Å². The third kappa shape index (κ3) is 2.45. The zero-order valence-corrected chi connectivity index (χ0v) is 8.01. The van der Waals surface area contributed by atoms with Crippen molar-refractivity contribution < 1.29 is 14.7 Å². The topological polar surface area (TPSA) is 59.3 Å². The molecule has 0 saturated carbocycles. The van der Waals surface area contributed by atoms with Crippen LogP contribution in [0.4, 0.5) is 0 Å². The number of carbonyl (C=O) groups is 2. The number of hydrogen-bond donors (Lipinski definition) is 1. The van der Waals surface area contributed by atoms with Crippen molar-refractivity contribution in [3.63, 3.8) is 0 Å². The fraction of sp³-hybridized carbons (Fsp3) is 0.400. The molecule has 0 bridgehead atoms. The Labute approximate surface area is 82.2 Å². The van der Waals surface area contributed by atoms with Gasteiger partial charge in [0, 0.05) is 18.7 Å². The molecular formula is C10H13NO3. The standard InChI is InChI=1S/C10H13NO3/c1-8(4-5-10(13)14)11-6-2-3-9(11)7-12/h2-3,6-8H,4-5H2,1H3,(H,13,14). The van der Waals surface area contributed by atoms with Gasteiger partial charge in [0.15, 0.2) is 6.29 Å². The van der Waals surface area contributed by atoms with Crippen molar-refractivity contribution >= 4 is 12.3 Å². The van der Waals surface area contributed by atoms with E-state index in [1.54, 1.807) is 22.9 Å². The highest BCUT2D eigenvalue weighted by molar-refractivity contribution is 5.72. The van der Waals surface area contributed by atoms with E-state index < -0.39 is 5.97 Å². The van der Waals surface area contributed by atoms with E-state index in [1.165, 1.54) is 0 Å². The Bertz CT molecular complexity index is 330. The molecule has 1 N–H and O–H groups in total. The summed E-state index contributed by atoms with van der Waals surface area (Å²) in [5.74, 6) is -0.809. The molecule has 0 saturated heterocycles. The van der Waals surface area contributed by atoms with E-state index >= 15 is 0 Å². The van der Waals surface area contributed by atoms with Crippen molar-refractivity contribution in [1.29, 1.82) is 0 Å². The SMILES string of the molecule is CC(CCC(=O)O)n1cccc1C=O. The van der Waals surface area contributed by atoms with Crippen LogP contribution < -0.4 is 0 Å². The summed E-state index contributed by atoms with van der Waals surface area (Å²) in [6.45, 7) is 1.90. The molecule has 1 aromatic rings. The summed E-state index contributed by atoms with van der Waals surface area (Å²) in [6, 6.07) is 3.53. The average Bonchev–Trinajstić information content (AvgIpc) is 2.61. The van der Waals surface area contributed by atoms with Crippen LogP contribution in [0.15, 0.2) is 18.3 Å². The van der Waals surface area contributed by atoms with Crippen LogP contribution in [0.2, 0.25) is 0 Å². The first-order valence-electron chi connectivity index (χ1n) is 4.49. The molecule has 0 radical (unpaired) electrons. The van der Waals surface area contributed by atoms with Crippen LogP contribution in [0.1, 0.15) is 36.3 Å². The van der Waals surface area contributed by atoms with Gasteiger partial charge < -0.3 is 9.67 Å². The zero-order valence-electron chi connectivity index (χ0n) is 8.01. The van der Waals surface area contributed by atoms with E-state index in [4.69, 9.17) is 5.11 Å². The molecule has 14 heavy (non-hydrogen) atoms. The minimum Gasteiger partial charge on any atom is -0.481 e. The average molecular weight is 195 g/mol. The molecule has 1 atom stereocenters. The Morgan fingerprint density at radius 3 is 3.00 bits per heavy atom. The molecule has 76 valence electrons. The first-order chi connectivity index (χ1) is 6.65. The first kappa shape index (κ1) is 10.5. The van der Waals surface area contributed by atoms with Crippen molar-refractivity contribution in [2.75, 3.05) is 0 Å². The Morgan fingerprint density at radius 2 is 2.43 bits per heavy atom. The number of carboxylic acid groups (broad SMARTS) is 1. The van der Waals surface area contributed by atoms with Crippen LogP contribution in [0, 0.1) is 0 Å². The second-order valence-electron chi connectivity index (χ2n) is 3.24. The summed E-state index contributed by atoms with van der Waals surface area (Å²) in [5.41, 5.74) is 0.586. The third-order valence-electron chi connectivity index (χ3n) is 2.18. The van der Waals surface area contributed by atoms with Gasteiger partial charge in [-0.25, -0.2) is 0 Å². The van der Waals surface area contributed by atoms with Gasteiger partial charge in [0.05, 0.1) is 5.69 Å². The Hall–Kier alpha value is -1.58. The number of aldehydes is 1. The summed E-state index contributed by atoms with van der Waals surface area (Å²) >= 11 is 0. The molecule has 4 heteroatoms. The first-order valence-corrected chi connectivity index (χ1v) is 4.49. The summed E-state index contributed by atoms with van der Waals surface area (Å²) in [4.78, 5) is 20.9. The van der Waals surface area contributed by atoms with Crippen LogP contribution in [0.25, 0.3) is 0 Å². The summed E-state index contributed by atoms with van der Waals surface area (Å²) in [6.07, 6.45) is 3.22. The van der Waals surface area contributed by atoms with E-state index in [0.717, 1.165) is 6.29 Å². The number of aliphatic carboxylic acids is 1. The molecule has 0 aliphatic carbocycles. The maximum Gasteiger partial charge on any atom is 0.303 e. The summed E-state index contributed by atoms with van der Waals surface area (Å²) in [5, 5.41) is 8.51. The molecule has 0 spiro atoms. The van der Waals surface area contributed by atoms with E-state index in [1.807, 2.05) is 6.92 Å². The molecule has 4 nitrogen and oxygen atoms in total. The number of hydrogen-bond acceptors (Lipinski definition) is 2. The number of carbonyl (C=O) groups excluding carboxylic acids is 1. The van der Waals surface area contributed by atoms with Crippen molar-refractivity contribution in [3.8, 4) is 0 Å². The predicted molar refractivity (Wildman–Crippen MR) is 51.4 cm³/mol.